The SMILES string of the molecule is CCCCCCCC/C=C\CCCCCCCC(=O)OCCCCCCCCCCCCCCCCCCCCC(C)C. The first-order valence-electron chi connectivity index (χ1n) is 20.0. The normalized spacial score (nSPS) is 11.7. The molecule has 0 amide bonds. The quantitative estimate of drug-likeness (QED) is 0.0404. The molecule has 0 aliphatic rings. The molecule has 0 aliphatic heterocycles. The molecule has 0 aromatic carbocycles. The zero-order valence-electron chi connectivity index (χ0n) is 30.1. The van der Waals surface area contributed by atoms with E-state index >= 15 is 0 Å². The monoisotopic (exact) mass is 605 g/mol. The molecule has 256 valence electrons. The van der Waals surface area contributed by atoms with Gasteiger partial charge in [0.2, 0.25) is 0 Å². The van der Waals surface area contributed by atoms with Crippen LogP contribution in [0.15, 0.2) is 12.2 Å². The van der Waals surface area contributed by atoms with Gasteiger partial charge in [-0.1, -0.05) is 200 Å². The summed E-state index contributed by atoms with van der Waals surface area (Å²) in [6, 6.07) is 0. The first-order chi connectivity index (χ1) is 21.2. The third-order valence-corrected chi connectivity index (χ3v) is 9.08. The molecule has 0 aromatic heterocycles. The van der Waals surface area contributed by atoms with Crippen LogP contribution in [0.2, 0.25) is 0 Å². The van der Waals surface area contributed by atoms with Crippen LogP contribution in [0.4, 0.5) is 0 Å². The number of ether oxygens (including phenoxy) is 1. The molecule has 0 bridgehead atoms. The van der Waals surface area contributed by atoms with Gasteiger partial charge in [-0.25, -0.2) is 0 Å². The average molecular weight is 605 g/mol. The van der Waals surface area contributed by atoms with Crippen molar-refractivity contribution in [3.8, 4) is 0 Å². The van der Waals surface area contributed by atoms with Gasteiger partial charge in [-0.15, -0.1) is 0 Å². The van der Waals surface area contributed by atoms with Gasteiger partial charge in [0, 0.05) is 6.42 Å². The fourth-order valence-electron chi connectivity index (χ4n) is 6.08. The second kappa shape index (κ2) is 37.4. The lowest BCUT2D eigenvalue weighted by atomic mass is 10.0. The Labute approximate surface area is 272 Å². The van der Waals surface area contributed by atoms with Crippen molar-refractivity contribution in [2.45, 2.75) is 233 Å². The summed E-state index contributed by atoms with van der Waals surface area (Å²) in [6.45, 7) is 7.58. The Morgan fingerprint density at radius 1 is 0.465 bits per heavy atom. The molecule has 0 aromatic rings. The predicted molar refractivity (Wildman–Crippen MR) is 193 cm³/mol. The van der Waals surface area contributed by atoms with Crippen LogP contribution >= 0.6 is 0 Å². The predicted octanol–water partition coefficient (Wildman–Crippen LogP) is 14.6. The Kier molecular flexibility index (Phi) is 36.7. The maximum atomic E-state index is 12.0. The van der Waals surface area contributed by atoms with Crippen LogP contribution in [0.5, 0.6) is 0 Å². The fraction of sp³-hybridized carbons (Fsp3) is 0.927. The van der Waals surface area contributed by atoms with E-state index in [0.717, 1.165) is 25.2 Å². The number of carbonyl (C=O) groups is 1. The summed E-state index contributed by atoms with van der Waals surface area (Å²) >= 11 is 0. The molecule has 0 radical (unpaired) electrons. The van der Waals surface area contributed by atoms with Crippen molar-refractivity contribution in [1.82, 2.24) is 0 Å². The van der Waals surface area contributed by atoms with Crippen LogP contribution in [-0.4, -0.2) is 12.6 Å². The second-order valence-corrected chi connectivity index (χ2v) is 14.1. The minimum Gasteiger partial charge on any atom is -0.466 e. The van der Waals surface area contributed by atoms with Crippen molar-refractivity contribution in [3.05, 3.63) is 12.2 Å². The number of hydrogen-bond donors (Lipinski definition) is 0. The molecule has 43 heavy (non-hydrogen) atoms. The summed E-state index contributed by atoms with van der Waals surface area (Å²) in [5.41, 5.74) is 0. The molecule has 0 rings (SSSR count). The molecular formula is C41H80O2. The zero-order valence-corrected chi connectivity index (χ0v) is 30.1. The molecule has 0 fully saturated rings. The number of unbranched alkanes of at least 4 members (excludes halogenated alkanes) is 28. The third-order valence-electron chi connectivity index (χ3n) is 9.08. The summed E-state index contributed by atoms with van der Waals surface area (Å²) in [5.74, 6) is 0.900. The van der Waals surface area contributed by atoms with Crippen molar-refractivity contribution in [3.63, 3.8) is 0 Å². The van der Waals surface area contributed by atoms with Gasteiger partial charge in [0.05, 0.1) is 6.61 Å². The number of rotatable bonds is 36. The molecule has 0 heterocycles. The van der Waals surface area contributed by atoms with Gasteiger partial charge in [-0.05, 0) is 44.4 Å². The lowest BCUT2D eigenvalue weighted by molar-refractivity contribution is -0.143. The van der Waals surface area contributed by atoms with Crippen molar-refractivity contribution in [1.29, 1.82) is 0 Å². The minimum absolute atomic E-state index is 0.0187. The summed E-state index contributed by atoms with van der Waals surface area (Å²) in [7, 11) is 0. The highest BCUT2D eigenvalue weighted by atomic mass is 16.5. The summed E-state index contributed by atoms with van der Waals surface area (Å²) < 4.78 is 5.45. The highest BCUT2D eigenvalue weighted by molar-refractivity contribution is 5.69. The first-order valence-corrected chi connectivity index (χ1v) is 20.0. The van der Waals surface area contributed by atoms with Gasteiger partial charge < -0.3 is 4.74 Å². The molecule has 0 unspecified atom stereocenters. The van der Waals surface area contributed by atoms with E-state index in [2.05, 4.69) is 32.9 Å². The first kappa shape index (κ1) is 42.2. The van der Waals surface area contributed by atoms with Crippen LogP contribution in [0.25, 0.3) is 0 Å². The van der Waals surface area contributed by atoms with Gasteiger partial charge in [0.1, 0.15) is 0 Å². The van der Waals surface area contributed by atoms with E-state index in [1.54, 1.807) is 0 Å². The van der Waals surface area contributed by atoms with Gasteiger partial charge in [-0.3, -0.25) is 4.79 Å². The molecule has 0 spiro atoms. The van der Waals surface area contributed by atoms with Crippen molar-refractivity contribution < 1.29 is 9.53 Å². The topological polar surface area (TPSA) is 26.3 Å². The summed E-state index contributed by atoms with van der Waals surface area (Å²) in [6.07, 6.45) is 48.6. The Balaban J connectivity index is 3.18. The Morgan fingerprint density at radius 2 is 0.814 bits per heavy atom. The molecule has 0 aliphatic carbocycles. The second-order valence-electron chi connectivity index (χ2n) is 14.1. The van der Waals surface area contributed by atoms with Crippen LogP contribution < -0.4 is 0 Å². The smallest absolute Gasteiger partial charge is 0.305 e. The minimum atomic E-state index is 0.0187. The van der Waals surface area contributed by atoms with Crippen LogP contribution in [0.1, 0.15) is 233 Å². The summed E-state index contributed by atoms with van der Waals surface area (Å²) in [5, 5.41) is 0. The summed E-state index contributed by atoms with van der Waals surface area (Å²) in [4.78, 5) is 12.0. The van der Waals surface area contributed by atoms with Gasteiger partial charge in [0.25, 0.3) is 0 Å². The highest BCUT2D eigenvalue weighted by Gasteiger charge is 2.03. The van der Waals surface area contributed by atoms with Crippen LogP contribution in [0.3, 0.4) is 0 Å². The molecule has 2 nitrogen and oxygen atoms in total. The van der Waals surface area contributed by atoms with E-state index in [1.807, 2.05) is 0 Å². The fourth-order valence-corrected chi connectivity index (χ4v) is 6.08. The lowest BCUT2D eigenvalue weighted by Gasteiger charge is -2.06. The van der Waals surface area contributed by atoms with E-state index in [-0.39, 0.29) is 5.97 Å². The number of allylic oxidation sites excluding steroid dienone is 2. The molecule has 0 saturated heterocycles. The largest absolute Gasteiger partial charge is 0.466 e. The Morgan fingerprint density at radius 3 is 1.23 bits per heavy atom. The molecule has 0 N–H and O–H groups in total. The standard InChI is InChI=1S/C41H80O2/c1-4-5-6-7-8-9-10-11-16-20-23-26-29-32-35-38-41(42)43-39-36-33-30-27-24-21-18-15-13-12-14-17-19-22-25-28-31-34-37-40(2)3/h11,16,40H,4-10,12-15,17-39H2,1-3H3/b16-11-. The van der Waals surface area contributed by atoms with E-state index < -0.39 is 0 Å². The van der Waals surface area contributed by atoms with E-state index in [0.29, 0.717) is 13.0 Å². The molecule has 0 atom stereocenters. The third kappa shape index (κ3) is 39.2. The maximum absolute atomic E-state index is 12.0. The Hall–Kier alpha value is -0.790. The van der Waals surface area contributed by atoms with Crippen molar-refractivity contribution in [2.75, 3.05) is 6.61 Å². The van der Waals surface area contributed by atoms with Crippen molar-refractivity contribution >= 4 is 5.97 Å². The number of hydrogen-bond acceptors (Lipinski definition) is 2. The molecule has 0 saturated carbocycles. The Bertz CT molecular complexity index is 552. The highest BCUT2D eigenvalue weighted by Crippen LogP contribution is 2.16. The van der Waals surface area contributed by atoms with Gasteiger partial charge in [-0.2, -0.15) is 0 Å². The van der Waals surface area contributed by atoms with Gasteiger partial charge in [0.15, 0.2) is 0 Å². The van der Waals surface area contributed by atoms with Crippen LogP contribution in [-0.2, 0) is 9.53 Å². The molecular weight excluding hydrogens is 524 g/mol. The van der Waals surface area contributed by atoms with Crippen molar-refractivity contribution in [2.24, 2.45) is 5.92 Å². The number of carbonyl (C=O) groups excluding carboxylic acids is 1. The van der Waals surface area contributed by atoms with Gasteiger partial charge >= 0.3 is 5.97 Å². The number of esters is 1. The zero-order chi connectivity index (χ0) is 31.3. The molecule has 2 heteroatoms. The van der Waals surface area contributed by atoms with E-state index in [4.69, 9.17) is 4.74 Å². The lowest BCUT2D eigenvalue weighted by Crippen LogP contribution is -2.05. The van der Waals surface area contributed by atoms with E-state index in [9.17, 15) is 4.79 Å². The average Bonchev–Trinajstić information content (AvgIpc) is 2.99. The van der Waals surface area contributed by atoms with E-state index in [1.165, 1.54) is 186 Å². The maximum Gasteiger partial charge on any atom is 0.305 e. The van der Waals surface area contributed by atoms with Crippen LogP contribution in [0, 0.1) is 5.92 Å².